The molecule has 10 nitrogen and oxygen atoms in total. The van der Waals surface area contributed by atoms with E-state index >= 15 is 0 Å². The van der Waals surface area contributed by atoms with E-state index in [-0.39, 0.29) is 36.1 Å². The van der Waals surface area contributed by atoms with E-state index in [9.17, 15) is 32.8 Å². The van der Waals surface area contributed by atoms with Crippen LogP contribution in [0.4, 0.5) is 13.2 Å². The Morgan fingerprint density at radius 2 is 1.90 bits per heavy atom. The molecule has 1 aromatic heterocycles. The summed E-state index contributed by atoms with van der Waals surface area (Å²) in [5.41, 5.74) is -1.62. The fourth-order valence-electron chi connectivity index (χ4n) is 5.83. The van der Waals surface area contributed by atoms with Crippen LogP contribution in [0.25, 0.3) is 10.8 Å². The Morgan fingerprint density at radius 3 is 2.52 bits per heavy atom. The van der Waals surface area contributed by atoms with E-state index in [1.807, 2.05) is 19.9 Å². The largest absolute Gasteiger partial charge is 0.471 e. The van der Waals surface area contributed by atoms with Crippen molar-refractivity contribution in [3.8, 4) is 6.07 Å². The summed E-state index contributed by atoms with van der Waals surface area (Å²) in [5, 5.41) is 23.7. The summed E-state index contributed by atoms with van der Waals surface area (Å²) in [5.74, 6) is -4.22. The molecule has 2 fully saturated rings. The van der Waals surface area contributed by atoms with Crippen LogP contribution in [-0.4, -0.2) is 69.8 Å². The summed E-state index contributed by atoms with van der Waals surface area (Å²) in [6.45, 7) is 8.45. The molecule has 3 amide bonds. The molecule has 0 spiro atoms. The monoisotopic (exact) mass is 560 g/mol. The predicted molar refractivity (Wildman–Crippen MR) is 136 cm³/mol. The van der Waals surface area contributed by atoms with Crippen LogP contribution in [0.2, 0.25) is 0 Å². The minimum atomic E-state index is -5.23. The third kappa shape index (κ3) is 5.20. The molecule has 5 atom stereocenters. The number of alkyl halides is 3. The van der Waals surface area contributed by atoms with Gasteiger partial charge >= 0.3 is 12.1 Å². The molecule has 214 valence electrons. The Hall–Kier alpha value is -3.79. The van der Waals surface area contributed by atoms with Gasteiger partial charge < -0.3 is 20.3 Å². The van der Waals surface area contributed by atoms with Gasteiger partial charge in [-0.15, -0.1) is 0 Å². The summed E-state index contributed by atoms with van der Waals surface area (Å²) in [6.07, 6.45) is -3.70. The first kappa shape index (κ1) is 29.2. The number of benzene rings is 1. The Bertz CT molecular complexity index is 1370. The lowest BCUT2D eigenvalue weighted by atomic mass is 9.94. The number of amides is 3. The average Bonchev–Trinajstić information content (AvgIpc) is 3.21. The molecule has 4 rings (SSSR count). The lowest BCUT2D eigenvalue weighted by molar-refractivity contribution is -0.178. The topological polar surface area (TPSA) is 137 Å². The summed E-state index contributed by atoms with van der Waals surface area (Å²) in [6, 6.07) is 5.08. The van der Waals surface area contributed by atoms with Crippen LogP contribution in [-0.2, 0) is 19.1 Å². The number of likely N-dealkylation sites (tertiary alicyclic amines) is 1. The number of aromatic nitrogens is 2. The summed E-state index contributed by atoms with van der Waals surface area (Å²) in [4.78, 5) is 40.6. The van der Waals surface area contributed by atoms with Crippen molar-refractivity contribution >= 4 is 28.5 Å². The molecule has 0 radical (unpaired) electrons. The van der Waals surface area contributed by atoms with E-state index in [0.29, 0.717) is 10.8 Å². The number of rotatable bonds is 8. The number of nitriles is 1. The van der Waals surface area contributed by atoms with Gasteiger partial charge in [-0.2, -0.15) is 28.6 Å². The second kappa shape index (κ2) is 10.3. The van der Waals surface area contributed by atoms with Crippen LogP contribution >= 0.6 is 0 Å². The van der Waals surface area contributed by atoms with E-state index < -0.39 is 47.6 Å². The number of nitrogens with zero attached hydrogens (tertiary/aromatic N) is 4. The van der Waals surface area contributed by atoms with Gasteiger partial charge in [0.25, 0.3) is 0 Å². The Kier molecular flexibility index (Phi) is 7.53. The van der Waals surface area contributed by atoms with E-state index in [0.717, 1.165) is 0 Å². The highest BCUT2D eigenvalue weighted by molar-refractivity contribution is 5.95. The zero-order valence-corrected chi connectivity index (χ0v) is 22.7. The van der Waals surface area contributed by atoms with Crippen LogP contribution in [0.1, 0.15) is 46.4 Å². The molecular formula is C27H31F3N6O4. The summed E-state index contributed by atoms with van der Waals surface area (Å²) >= 11 is 0. The van der Waals surface area contributed by atoms with Gasteiger partial charge in [-0.25, -0.2) is 0 Å². The molecule has 1 aliphatic heterocycles. The van der Waals surface area contributed by atoms with E-state index in [1.54, 1.807) is 36.5 Å². The first-order valence-corrected chi connectivity index (χ1v) is 12.9. The molecule has 2 aromatic rings. The molecule has 1 saturated carbocycles. The van der Waals surface area contributed by atoms with Crippen molar-refractivity contribution in [2.45, 2.75) is 64.5 Å². The lowest BCUT2D eigenvalue weighted by Crippen LogP contribution is -2.63. The van der Waals surface area contributed by atoms with Crippen LogP contribution in [0.5, 0.6) is 0 Å². The van der Waals surface area contributed by atoms with Crippen molar-refractivity contribution in [1.29, 1.82) is 5.26 Å². The highest BCUT2D eigenvalue weighted by atomic mass is 19.4. The maximum absolute atomic E-state index is 13.8. The van der Waals surface area contributed by atoms with Crippen molar-refractivity contribution < 1.29 is 32.3 Å². The first-order chi connectivity index (χ1) is 18.6. The lowest BCUT2D eigenvalue weighted by Gasteiger charge is -2.39. The van der Waals surface area contributed by atoms with Gasteiger partial charge in [0, 0.05) is 23.9 Å². The molecule has 40 heavy (non-hydrogen) atoms. The minimum Gasteiger partial charge on any atom is -0.373 e. The number of fused-ring (bicyclic) bond motifs is 2. The number of halogens is 3. The second-order valence-electron chi connectivity index (χ2n) is 11.2. The summed E-state index contributed by atoms with van der Waals surface area (Å²) < 4.78 is 45.1. The Morgan fingerprint density at radius 1 is 1.23 bits per heavy atom. The van der Waals surface area contributed by atoms with Crippen molar-refractivity contribution in [3.63, 3.8) is 0 Å². The van der Waals surface area contributed by atoms with Crippen LogP contribution in [0.15, 0.2) is 30.5 Å². The molecule has 0 bridgehead atoms. The number of nitrogens with one attached hydrogen (secondary N) is 2. The molecular weight excluding hydrogens is 529 g/mol. The predicted octanol–water partition coefficient (Wildman–Crippen LogP) is 2.66. The molecule has 1 aliphatic carbocycles. The quantitative estimate of drug-likeness (QED) is 0.506. The number of hydrogen-bond donors (Lipinski definition) is 2. The molecule has 13 heteroatoms. The van der Waals surface area contributed by atoms with Gasteiger partial charge in [0.2, 0.25) is 11.8 Å². The normalized spacial score (nSPS) is 23.1. The maximum atomic E-state index is 13.8. The molecule has 1 unspecified atom stereocenters. The smallest absolute Gasteiger partial charge is 0.373 e. The number of carbonyl (C=O) groups is 3. The van der Waals surface area contributed by atoms with Gasteiger partial charge in [0.1, 0.15) is 17.8 Å². The second-order valence-corrected chi connectivity index (χ2v) is 11.2. The van der Waals surface area contributed by atoms with Crippen molar-refractivity contribution in [2.75, 3.05) is 13.2 Å². The third-order valence-corrected chi connectivity index (χ3v) is 8.04. The van der Waals surface area contributed by atoms with E-state index in [4.69, 9.17) is 4.74 Å². The van der Waals surface area contributed by atoms with Crippen LogP contribution in [0, 0.1) is 28.6 Å². The molecule has 2 N–H and O–H groups in total. The summed E-state index contributed by atoms with van der Waals surface area (Å²) in [7, 11) is 0. The molecule has 2 aliphatic rings. The van der Waals surface area contributed by atoms with E-state index in [1.165, 1.54) is 24.9 Å². The number of hydrogen-bond acceptors (Lipinski definition) is 7. The van der Waals surface area contributed by atoms with Gasteiger partial charge in [-0.1, -0.05) is 38.1 Å². The molecule has 2 heterocycles. The highest BCUT2D eigenvalue weighted by Crippen LogP contribution is 2.65. The Labute approximate surface area is 229 Å². The third-order valence-electron chi connectivity index (χ3n) is 8.04. The fraction of sp³-hybridized carbons (Fsp3) is 0.556. The average molecular weight is 561 g/mol. The van der Waals surface area contributed by atoms with Gasteiger partial charge in [-0.3, -0.25) is 14.4 Å². The van der Waals surface area contributed by atoms with Gasteiger partial charge in [0.05, 0.1) is 17.9 Å². The molecule has 1 aromatic carbocycles. The van der Waals surface area contributed by atoms with Gasteiger partial charge in [-0.05, 0) is 38.0 Å². The van der Waals surface area contributed by atoms with Crippen LogP contribution in [0.3, 0.4) is 0 Å². The van der Waals surface area contributed by atoms with Gasteiger partial charge in [0.15, 0.2) is 6.04 Å². The van der Waals surface area contributed by atoms with Crippen LogP contribution < -0.4 is 10.6 Å². The number of piperidine rings is 1. The number of ether oxygens (including phenoxy) is 1. The maximum Gasteiger partial charge on any atom is 0.471 e. The Balaban J connectivity index is 1.65. The highest BCUT2D eigenvalue weighted by Gasteiger charge is 2.70. The first-order valence-electron chi connectivity index (χ1n) is 12.9. The zero-order valence-electron chi connectivity index (χ0n) is 22.7. The standard InChI is InChI=1S/C27H31F3N6O4/c1-6-40-26(4,5)21(34-24(39)27(28,29)30)23(38)36-13-16-18(25(16,2)3)20(36)22(37)33-17(11-31)19-15-10-8-7-9-14(15)12-32-35-19/h7-10,12,16-18,20-21H,6,13H2,1-5H3,(H,33,37)(H,34,39)/t16-,17?,18-,20-,21+/m0/s1. The van der Waals surface area contributed by atoms with Crippen molar-refractivity contribution in [3.05, 3.63) is 36.2 Å². The van der Waals surface area contributed by atoms with Crippen molar-refractivity contribution in [1.82, 2.24) is 25.7 Å². The zero-order chi connectivity index (χ0) is 29.6. The molecule has 1 saturated heterocycles. The van der Waals surface area contributed by atoms with E-state index in [2.05, 4.69) is 15.5 Å². The SMILES string of the molecule is CCOC(C)(C)[C@H](NC(=O)C(F)(F)F)C(=O)N1C[C@H]2[C@@H]([C@H]1C(=O)NC(C#N)c1nncc3ccccc13)C2(C)C. The van der Waals surface area contributed by atoms with Crippen molar-refractivity contribution in [2.24, 2.45) is 17.3 Å². The fourth-order valence-corrected chi connectivity index (χ4v) is 5.83. The minimum absolute atomic E-state index is 0.0663. The number of carbonyl (C=O) groups excluding carboxylic acids is 3.